The molecular formula is C30H43N4O5P. The van der Waals surface area contributed by atoms with Gasteiger partial charge in [0.2, 0.25) is 19.2 Å². The molecule has 40 heavy (non-hydrogen) atoms. The molecule has 3 fully saturated rings. The largest absolute Gasteiger partial charge is 0.342 e. The number of nitrogens with zero attached hydrogens (tertiary/aromatic N) is 1. The lowest BCUT2D eigenvalue weighted by Gasteiger charge is -2.31. The van der Waals surface area contributed by atoms with Gasteiger partial charge < -0.3 is 25.7 Å². The van der Waals surface area contributed by atoms with Crippen LogP contribution in [0.5, 0.6) is 0 Å². The molecule has 0 bridgehead atoms. The second-order valence-electron chi connectivity index (χ2n) is 12.0. The quantitative estimate of drug-likeness (QED) is 0.308. The molecule has 218 valence electrons. The number of rotatable bonds is 5. The van der Waals surface area contributed by atoms with Crippen LogP contribution in [0.15, 0.2) is 42.5 Å². The Morgan fingerprint density at radius 2 is 1.75 bits per heavy atom. The van der Waals surface area contributed by atoms with Crippen LogP contribution in [0, 0.1) is 5.92 Å². The minimum Gasteiger partial charge on any atom is -0.342 e. The summed E-state index contributed by atoms with van der Waals surface area (Å²) in [4.78, 5) is 53.3. The molecule has 2 heterocycles. The number of urea groups is 1. The van der Waals surface area contributed by atoms with Crippen molar-refractivity contribution in [3.8, 4) is 0 Å². The SMILES string of the molecule is O=C(NC1CCCC1)N[C@H]1CCCCC/C=C\[C@@H]2C[C@@]2(P(=O)(O)Cc2ccccc2)NC(=O)[C@@H]2CCCN2C1=O. The molecule has 0 aromatic heterocycles. The van der Waals surface area contributed by atoms with E-state index < -0.39 is 24.7 Å². The van der Waals surface area contributed by atoms with Crippen LogP contribution in [0.2, 0.25) is 0 Å². The van der Waals surface area contributed by atoms with E-state index >= 15 is 0 Å². The van der Waals surface area contributed by atoms with E-state index in [2.05, 4.69) is 22.0 Å². The number of hydrogen-bond acceptors (Lipinski definition) is 4. The summed E-state index contributed by atoms with van der Waals surface area (Å²) in [5.74, 6) is -0.849. The molecule has 0 radical (unpaired) electrons. The van der Waals surface area contributed by atoms with Crippen molar-refractivity contribution in [1.29, 1.82) is 0 Å². The first-order valence-corrected chi connectivity index (χ1v) is 16.9. The maximum absolute atomic E-state index is 13.9. The fourth-order valence-corrected chi connectivity index (χ4v) is 9.03. The molecule has 9 nitrogen and oxygen atoms in total. The molecule has 10 heteroatoms. The molecule has 1 saturated heterocycles. The van der Waals surface area contributed by atoms with Gasteiger partial charge in [0.15, 0.2) is 0 Å². The number of carbonyl (C=O) groups is 3. The summed E-state index contributed by atoms with van der Waals surface area (Å²) in [6, 6.07) is 7.59. The van der Waals surface area contributed by atoms with E-state index in [9.17, 15) is 23.8 Å². The van der Waals surface area contributed by atoms with E-state index in [1.165, 1.54) is 0 Å². The maximum Gasteiger partial charge on any atom is 0.315 e. The van der Waals surface area contributed by atoms with E-state index in [0.29, 0.717) is 32.2 Å². The number of benzene rings is 1. The van der Waals surface area contributed by atoms with Gasteiger partial charge in [0, 0.05) is 18.5 Å². The Bertz CT molecular complexity index is 1150. The Morgan fingerprint density at radius 1 is 1.00 bits per heavy atom. The predicted octanol–water partition coefficient (Wildman–Crippen LogP) is 4.41. The highest BCUT2D eigenvalue weighted by molar-refractivity contribution is 7.59. The third-order valence-electron chi connectivity index (χ3n) is 9.05. The molecule has 4 aliphatic rings. The van der Waals surface area contributed by atoms with Crippen molar-refractivity contribution in [2.24, 2.45) is 5.92 Å². The third-order valence-corrected chi connectivity index (χ3v) is 11.7. The number of amides is 4. The topological polar surface area (TPSA) is 128 Å². The van der Waals surface area contributed by atoms with Crippen LogP contribution >= 0.6 is 7.37 Å². The molecule has 4 N–H and O–H groups in total. The number of hydrogen-bond donors (Lipinski definition) is 4. The average Bonchev–Trinajstić information content (AvgIpc) is 3.27. The first-order chi connectivity index (χ1) is 19.3. The fourth-order valence-electron chi connectivity index (χ4n) is 6.67. The van der Waals surface area contributed by atoms with Gasteiger partial charge in [0.25, 0.3) is 0 Å². The van der Waals surface area contributed by atoms with Crippen molar-refractivity contribution in [3.05, 3.63) is 48.0 Å². The normalized spacial score (nSPS) is 32.0. The average molecular weight is 571 g/mol. The number of fused-ring (bicyclic) bond motifs is 2. The number of nitrogens with one attached hydrogen (secondary N) is 3. The zero-order valence-electron chi connectivity index (χ0n) is 23.2. The highest BCUT2D eigenvalue weighted by Gasteiger charge is 2.65. The highest BCUT2D eigenvalue weighted by atomic mass is 31.2. The van der Waals surface area contributed by atoms with E-state index in [1.54, 1.807) is 4.90 Å². The summed E-state index contributed by atoms with van der Waals surface area (Å²) in [6.07, 6.45) is 13.6. The molecule has 5 rings (SSSR count). The smallest absolute Gasteiger partial charge is 0.315 e. The first-order valence-electron chi connectivity index (χ1n) is 15.0. The van der Waals surface area contributed by atoms with Crippen LogP contribution in [-0.2, 0) is 20.3 Å². The molecule has 1 aromatic carbocycles. The summed E-state index contributed by atoms with van der Waals surface area (Å²) < 4.78 is 13.9. The summed E-state index contributed by atoms with van der Waals surface area (Å²) in [5, 5.41) is 7.70. The highest BCUT2D eigenvalue weighted by Crippen LogP contribution is 2.71. The molecule has 4 amide bonds. The number of allylic oxidation sites excluding steroid dienone is 1. The molecule has 0 spiro atoms. The zero-order chi connectivity index (χ0) is 28.2. The molecule has 5 atom stereocenters. The van der Waals surface area contributed by atoms with Crippen LogP contribution < -0.4 is 16.0 Å². The van der Waals surface area contributed by atoms with E-state index in [1.807, 2.05) is 36.4 Å². The van der Waals surface area contributed by atoms with Crippen molar-refractivity contribution in [2.75, 3.05) is 6.54 Å². The molecule has 1 aromatic rings. The summed E-state index contributed by atoms with van der Waals surface area (Å²) >= 11 is 0. The van der Waals surface area contributed by atoms with Gasteiger partial charge in [-0.1, -0.05) is 68.2 Å². The fraction of sp³-hybridized carbons (Fsp3) is 0.633. The molecule has 2 aliphatic carbocycles. The van der Waals surface area contributed by atoms with Gasteiger partial charge in [-0.2, -0.15) is 0 Å². The van der Waals surface area contributed by atoms with Crippen molar-refractivity contribution < 1.29 is 23.8 Å². The van der Waals surface area contributed by atoms with Gasteiger partial charge >= 0.3 is 6.03 Å². The van der Waals surface area contributed by atoms with Crippen molar-refractivity contribution in [2.45, 2.75) is 107 Å². The molecule has 2 aliphatic heterocycles. The molecule has 2 saturated carbocycles. The van der Waals surface area contributed by atoms with Gasteiger partial charge in [-0.3, -0.25) is 14.2 Å². The van der Waals surface area contributed by atoms with Crippen LogP contribution in [0.3, 0.4) is 0 Å². The van der Waals surface area contributed by atoms with Gasteiger partial charge in [-0.05, 0) is 56.9 Å². The van der Waals surface area contributed by atoms with E-state index in [-0.39, 0.29) is 36.0 Å². The Balaban J connectivity index is 1.35. The lowest BCUT2D eigenvalue weighted by Crippen LogP contribution is -2.56. The summed E-state index contributed by atoms with van der Waals surface area (Å²) in [7, 11) is -3.85. The minimum absolute atomic E-state index is 0.0200. The zero-order valence-corrected chi connectivity index (χ0v) is 24.1. The van der Waals surface area contributed by atoms with Crippen LogP contribution in [0.1, 0.15) is 82.6 Å². The van der Waals surface area contributed by atoms with Crippen LogP contribution in [-0.4, -0.2) is 57.6 Å². The van der Waals surface area contributed by atoms with Gasteiger partial charge in [0.05, 0.1) is 6.16 Å². The third kappa shape index (κ3) is 6.46. The van der Waals surface area contributed by atoms with Gasteiger partial charge in [-0.15, -0.1) is 0 Å². The maximum atomic E-state index is 13.9. The van der Waals surface area contributed by atoms with Crippen molar-refractivity contribution in [3.63, 3.8) is 0 Å². The summed E-state index contributed by atoms with van der Waals surface area (Å²) in [6.45, 7) is 0.427. The Kier molecular flexibility index (Phi) is 9.01. The number of carbonyl (C=O) groups excluding carboxylic acids is 3. The van der Waals surface area contributed by atoms with Crippen LogP contribution in [0.4, 0.5) is 4.79 Å². The monoisotopic (exact) mass is 570 g/mol. The Labute approximate surface area is 237 Å². The van der Waals surface area contributed by atoms with Crippen molar-refractivity contribution >= 4 is 25.2 Å². The standard InChI is InChI=1S/C30H43N4O5P/c35-27-26-18-11-19-34(26)28(36)25(32-29(37)31-24-15-9-10-16-24)17-8-3-1-2-7-14-23-20-30(23,33-27)40(38,39)21-22-12-5-4-6-13-22/h4-7,12-14,23-26H,1-3,8-11,15-21H2,(H,33,35)(H,38,39)(H2,31,32,37)/b14-7-/t23-,25+,26+,30+/m1/s1. The van der Waals surface area contributed by atoms with Gasteiger partial charge in [-0.25, -0.2) is 4.79 Å². The second kappa shape index (κ2) is 12.5. The minimum atomic E-state index is -3.85. The Morgan fingerprint density at radius 3 is 2.52 bits per heavy atom. The Hall–Kier alpha value is -2.64. The summed E-state index contributed by atoms with van der Waals surface area (Å²) in [5.41, 5.74) is 0.755. The van der Waals surface area contributed by atoms with E-state index in [4.69, 9.17) is 0 Å². The van der Waals surface area contributed by atoms with Crippen LogP contribution in [0.25, 0.3) is 0 Å². The predicted molar refractivity (Wildman–Crippen MR) is 154 cm³/mol. The lowest BCUT2D eigenvalue weighted by atomic mass is 10.0. The molecule has 1 unspecified atom stereocenters. The first kappa shape index (κ1) is 28.9. The van der Waals surface area contributed by atoms with Crippen molar-refractivity contribution in [1.82, 2.24) is 20.9 Å². The lowest BCUT2D eigenvalue weighted by molar-refractivity contribution is -0.140. The van der Waals surface area contributed by atoms with E-state index in [0.717, 1.165) is 56.9 Å². The second-order valence-corrected chi connectivity index (χ2v) is 14.5. The molecular weight excluding hydrogens is 527 g/mol. The van der Waals surface area contributed by atoms with Gasteiger partial charge in [0.1, 0.15) is 17.4 Å².